The molecule has 18 heavy (non-hydrogen) atoms. The summed E-state index contributed by atoms with van der Waals surface area (Å²) in [5, 5.41) is 34.8. The zero-order valence-electron chi connectivity index (χ0n) is 9.32. The van der Waals surface area contributed by atoms with E-state index in [1.54, 1.807) is 24.3 Å². The van der Waals surface area contributed by atoms with E-state index in [2.05, 4.69) is 0 Å². The third kappa shape index (κ3) is 4.05. The van der Waals surface area contributed by atoms with Crippen molar-refractivity contribution in [2.75, 3.05) is 0 Å². The van der Waals surface area contributed by atoms with Crippen LogP contribution in [-0.2, 0) is 0 Å². The molecule has 5 nitrogen and oxygen atoms in total. The van der Waals surface area contributed by atoms with Gasteiger partial charge in [-0.3, -0.25) is 0 Å². The quantitative estimate of drug-likeness (QED) is 0.580. The molecule has 0 atom stereocenters. The smallest absolute Gasteiger partial charge is 0.339 e. The molecule has 2 aromatic carbocycles. The van der Waals surface area contributed by atoms with Crippen molar-refractivity contribution in [1.29, 1.82) is 0 Å². The lowest BCUT2D eigenvalue weighted by Gasteiger charge is -1.98. The first kappa shape index (κ1) is 13.4. The molecule has 5 heteroatoms. The van der Waals surface area contributed by atoms with E-state index in [0.717, 1.165) is 12.1 Å². The molecule has 2 aromatic rings. The van der Waals surface area contributed by atoms with Crippen LogP contribution in [0.3, 0.4) is 0 Å². The molecule has 94 valence electrons. The van der Waals surface area contributed by atoms with Crippen molar-refractivity contribution < 1.29 is 25.2 Å². The van der Waals surface area contributed by atoms with Crippen LogP contribution in [0.15, 0.2) is 48.5 Å². The highest BCUT2D eigenvalue weighted by Crippen LogP contribution is 2.21. The summed E-state index contributed by atoms with van der Waals surface area (Å²) >= 11 is 0. The molecule has 0 aliphatic heterocycles. The van der Waals surface area contributed by atoms with E-state index in [-0.39, 0.29) is 17.1 Å². The normalized spacial score (nSPS) is 9.11. The van der Waals surface area contributed by atoms with Crippen LogP contribution in [0.1, 0.15) is 10.4 Å². The predicted molar refractivity (Wildman–Crippen MR) is 64.8 cm³/mol. The van der Waals surface area contributed by atoms with Gasteiger partial charge in [0.15, 0.2) is 0 Å². The van der Waals surface area contributed by atoms with Gasteiger partial charge in [0, 0.05) is 0 Å². The van der Waals surface area contributed by atoms with Gasteiger partial charge < -0.3 is 20.4 Å². The molecule has 0 radical (unpaired) electrons. The zero-order chi connectivity index (χ0) is 13.5. The van der Waals surface area contributed by atoms with E-state index in [4.69, 9.17) is 20.4 Å². The number of aromatic carboxylic acids is 1. The number of phenols is 3. The van der Waals surface area contributed by atoms with E-state index in [9.17, 15) is 4.79 Å². The van der Waals surface area contributed by atoms with Crippen molar-refractivity contribution in [3.05, 3.63) is 54.1 Å². The Hall–Kier alpha value is -2.69. The maximum absolute atomic E-state index is 10.3. The number of benzene rings is 2. The fourth-order valence-corrected chi connectivity index (χ4v) is 1.12. The molecule has 0 aliphatic carbocycles. The minimum absolute atomic E-state index is 0.180. The Kier molecular flexibility index (Phi) is 4.57. The summed E-state index contributed by atoms with van der Waals surface area (Å²) in [4.78, 5) is 10.3. The van der Waals surface area contributed by atoms with Crippen LogP contribution in [0.25, 0.3) is 0 Å². The Labute approximate surface area is 103 Å². The fourth-order valence-electron chi connectivity index (χ4n) is 1.12. The largest absolute Gasteiger partial charge is 0.508 e. The highest BCUT2D eigenvalue weighted by atomic mass is 16.4. The maximum Gasteiger partial charge on any atom is 0.339 e. The van der Waals surface area contributed by atoms with E-state index in [0.29, 0.717) is 5.75 Å². The van der Waals surface area contributed by atoms with E-state index >= 15 is 0 Å². The van der Waals surface area contributed by atoms with Gasteiger partial charge in [0.25, 0.3) is 0 Å². The van der Waals surface area contributed by atoms with E-state index < -0.39 is 5.97 Å². The number of carboxylic acid groups (broad SMARTS) is 1. The van der Waals surface area contributed by atoms with Crippen molar-refractivity contribution >= 4 is 5.97 Å². The van der Waals surface area contributed by atoms with Gasteiger partial charge in [-0.05, 0) is 30.3 Å². The first-order valence-corrected chi connectivity index (χ1v) is 5.00. The third-order valence-electron chi connectivity index (χ3n) is 1.97. The van der Waals surface area contributed by atoms with Gasteiger partial charge in [0.2, 0.25) is 0 Å². The number of carboxylic acids is 1. The van der Waals surface area contributed by atoms with Crippen LogP contribution in [0.5, 0.6) is 17.2 Å². The summed E-state index contributed by atoms with van der Waals surface area (Å²) < 4.78 is 0. The fraction of sp³-hybridized carbons (Fsp3) is 0. The molecule has 2 rings (SSSR count). The number of aromatic hydroxyl groups is 3. The highest BCUT2D eigenvalue weighted by molar-refractivity contribution is 5.91. The second kappa shape index (κ2) is 6.15. The van der Waals surface area contributed by atoms with E-state index in [1.165, 1.54) is 6.07 Å². The summed E-state index contributed by atoms with van der Waals surface area (Å²) in [6.07, 6.45) is 0. The second-order valence-corrected chi connectivity index (χ2v) is 3.34. The Balaban J connectivity index is 0.000000199. The Morgan fingerprint density at radius 2 is 1.44 bits per heavy atom. The first-order chi connectivity index (χ1) is 8.50. The van der Waals surface area contributed by atoms with Gasteiger partial charge in [-0.15, -0.1) is 0 Å². The minimum Gasteiger partial charge on any atom is -0.508 e. The average Bonchev–Trinajstić information content (AvgIpc) is 2.34. The van der Waals surface area contributed by atoms with Crippen LogP contribution >= 0.6 is 0 Å². The molecule has 0 saturated heterocycles. The molecule has 0 spiro atoms. The third-order valence-corrected chi connectivity index (χ3v) is 1.97. The summed E-state index contributed by atoms with van der Waals surface area (Å²) in [7, 11) is 0. The molecular formula is C13H12O5. The Bertz CT molecular complexity index is 522. The van der Waals surface area contributed by atoms with Crippen LogP contribution in [-0.4, -0.2) is 26.4 Å². The topological polar surface area (TPSA) is 98.0 Å². The Morgan fingerprint density at radius 3 is 1.83 bits per heavy atom. The van der Waals surface area contributed by atoms with Crippen molar-refractivity contribution in [1.82, 2.24) is 0 Å². The lowest BCUT2D eigenvalue weighted by Crippen LogP contribution is -1.95. The van der Waals surface area contributed by atoms with Crippen molar-refractivity contribution in [3.8, 4) is 17.2 Å². The molecule has 0 saturated carbocycles. The number of phenolic OH excluding ortho intramolecular Hbond substituents is 2. The second-order valence-electron chi connectivity index (χ2n) is 3.34. The van der Waals surface area contributed by atoms with Crippen LogP contribution in [0.2, 0.25) is 0 Å². The summed E-state index contributed by atoms with van der Waals surface area (Å²) in [5.74, 6) is -1.48. The summed E-state index contributed by atoms with van der Waals surface area (Å²) in [6.45, 7) is 0. The molecule has 0 heterocycles. The molecule has 0 aromatic heterocycles. The van der Waals surface area contributed by atoms with Crippen LogP contribution in [0.4, 0.5) is 0 Å². The van der Waals surface area contributed by atoms with Crippen LogP contribution < -0.4 is 0 Å². The van der Waals surface area contributed by atoms with E-state index in [1.807, 2.05) is 6.07 Å². The monoisotopic (exact) mass is 248 g/mol. The highest BCUT2D eigenvalue weighted by Gasteiger charge is 2.08. The molecule has 0 fully saturated rings. The Morgan fingerprint density at radius 1 is 0.833 bits per heavy atom. The minimum atomic E-state index is -1.27. The van der Waals surface area contributed by atoms with Crippen LogP contribution in [0, 0.1) is 0 Å². The molecule has 0 bridgehead atoms. The zero-order valence-corrected chi connectivity index (χ0v) is 9.32. The van der Waals surface area contributed by atoms with Gasteiger partial charge in [0.05, 0.1) is 0 Å². The molecule has 0 amide bonds. The van der Waals surface area contributed by atoms with Crippen molar-refractivity contribution in [2.45, 2.75) is 0 Å². The van der Waals surface area contributed by atoms with Crippen molar-refractivity contribution in [2.24, 2.45) is 0 Å². The van der Waals surface area contributed by atoms with Gasteiger partial charge in [-0.2, -0.15) is 0 Å². The van der Waals surface area contributed by atoms with Gasteiger partial charge in [-0.1, -0.05) is 18.2 Å². The lowest BCUT2D eigenvalue weighted by molar-refractivity contribution is 0.0693. The number of para-hydroxylation sites is 1. The van der Waals surface area contributed by atoms with Crippen molar-refractivity contribution in [3.63, 3.8) is 0 Å². The number of carbonyl (C=O) groups is 1. The average molecular weight is 248 g/mol. The number of hydrogen-bond donors (Lipinski definition) is 4. The molecule has 0 aliphatic rings. The van der Waals surface area contributed by atoms with Gasteiger partial charge in [0.1, 0.15) is 22.8 Å². The first-order valence-electron chi connectivity index (χ1n) is 5.00. The number of hydrogen-bond acceptors (Lipinski definition) is 4. The molecular weight excluding hydrogens is 236 g/mol. The molecule has 4 N–H and O–H groups in total. The van der Waals surface area contributed by atoms with Gasteiger partial charge in [-0.25, -0.2) is 4.79 Å². The lowest BCUT2D eigenvalue weighted by atomic mass is 10.2. The SMILES string of the molecule is O=C(O)c1cc(O)ccc1O.Oc1ccccc1. The predicted octanol–water partition coefficient (Wildman–Crippen LogP) is 2.19. The maximum atomic E-state index is 10.3. The number of rotatable bonds is 1. The van der Waals surface area contributed by atoms with Gasteiger partial charge >= 0.3 is 5.97 Å². The summed E-state index contributed by atoms with van der Waals surface area (Å²) in [5.41, 5.74) is -0.301. The molecule has 0 unspecified atom stereocenters. The standard InChI is InChI=1S/C7H6O4.C6H6O/c8-4-1-2-6(9)5(3-4)7(10)11;7-6-4-2-1-3-5-6/h1-3,8-9H,(H,10,11);1-5,7H. The summed E-state index contributed by atoms with van der Waals surface area (Å²) in [6, 6.07) is 12.0.